The van der Waals surface area contributed by atoms with Crippen LogP contribution in [0.3, 0.4) is 0 Å². The van der Waals surface area contributed by atoms with Gasteiger partial charge >= 0.3 is 0 Å². The molecule has 0 aromatic heterocycles. The van der Waals surface area contributed by atoms with E-state index in [1.165, 1.54) is 0 Å². The molecule has 0 amide bonds. The van der Waals surface area contributed by atoms with Crippen LogP contribution in [0.4, 0.5) is 0 Å². The van der Waals surface area contributed by atoms with E-state index >= 15 is 0 Å². The van der Waals surface area contributed by atoms with Crippen molar-refractivity contribution in [2.75, 3.05) is 0 Å². The number of rotatable bonds is 4. The van der Waals surface area contributed by atoms with Crippen molar-refractivity contribution in [2.24, 2.45) is 10.3 Å². The van der Waals surface area contributed by atoms with Gasteiger partial charge in [-0.25, -0.2) is 0 Å². The van der Waals surface area contributed by atoms with Crippen LogP contribution in [0.15, 0.2) is 40.6 Å². The van der Waals surface area contributed by atoms with Gasteiger partial charge in [-0.15, -0.1) is 0 Å². The first-order valence-corrected chi connectivity index (χ1v) is 4.76. The van der Waals surface area contributed by atoms with E-state index in [0.29, 0.717) is 11.3 Å². The van der Waals surface area contributed by atoms with Gasteiger partial charge < -0.3 is 15.5 Å². The Labute approximate surface area is 93.3 Å². The second kappa shape index (κ2) is 5.27. The maximum atomic E-state index is 10.3. The molecule has 0 spiro atoms. The van der Waals surface area contributed by atoms with Crippen LogP contribution in [0.5, 0.6) is 0 Å². The zero-order valence-electron chi connectivity index (χ0n) is 8.91. The molecule has 0 unspecified atom stereocenters. The first-order valence-electron chi connectivity index (χ1n) is 4.76. The standard InChI is InChI=1S/C11H14N2O3/c1-9(13-16)7-11(14,8-12-15)10-5-3-2-4-6-10/h2-6,8,14-16H,7H2,1H3/b12-8-,13-9-/t11-/m0/s1. The molecule has 1 atom stereocenters. The van der Waals surface area contributed by atoms with Crippen molar-refractivity contribution in [3.63, 3.8) is 0 Å². The molecule has 0 aliphatic heterocycles. The molecule has 86 valence electrons. The van der Waals surface area contributed by atoms with E-state index in [1.54, 1.807) is 31.2 Å². The van der Waals surface area contributed by atoms with Gasteiger partial charge in [0.1, 0.15) is 5.60 Å². The predicted molar refractivity (Wildman–Crippen MR) is 60.1 cm³/mol. The molecule has 0 aliphatic carbocycles. The van der Waals surface area contributed by atoms with Crippen molar-refractivity contribution in [3.8, 4) is 0 Å². The Morgan fingerprint density at radius 2 is 1.94 bits per heavy atom. The Bertz CT molecular complexity index is 389. The van der Waals surface area contributed by atoms with Crippen LogP contribution >= 0.6 is 0 Å². The lowest BCUT2D eigenvalue weighted by molar-refractivity contribution is 0.119. The fraction of sp³-hybridized carbons (Fsp3) is 0.273. The molecule has 0 fully saturated rings. The molecule has 3 N–H and O–H groups in total. The molecule has 0 bridgehead atoms. The summed E-state index contributed by atoms with van der Waals surface area (Å²) in [4.78, 5) is 0. The predicted octanol–water partition coefficient (Wildman–Crippen LogP) is 1.57. The SMILES string of the molecule is C/C(C[C@](O)(/C=N\O)c1ccccc1)=N/O. The summed E-state index contributed by atoms with van der Waals surface area (Å²) >= 11 is 0. The van der Waals surface area contributed by atoms with Gasteiger partial charge in [-0.05, 0) is 12.5 Å². The zero-order chi connectivity index (χ0) is 12.0. The van der Waals surface area contributed by atoms with E-state index < -0.39 is 5.60 Å². The maximum Gasteiger partial charge on any atom is 0.133 e. The number of benzene rings is 1. The number of hydrogen-bond acceptors (Lipinski definition) is 5. The quantitative estimate of drug-likeness (QED) is 0.410. The second-order valence-electron chi connectivity index (χ2n) is 3.55. The lowest BCUT2D eigenvalue weighted by Gasteiger charge is -2.23. The first kappa shape index (κ1) is 12.2. The van der Waals surface area contributed by atoms with E-state index in [4.69, 9.17) is 10.4 Å². The van der Waals surface area contributed by atoms with Crippen molar-refractivity contribution in [2.45, 2.75) is 18.9 Å². The Balaban J connectivity index is 3.07. The van der Waals surface area contributed by atoms with Crippen molar-refractivity contribution in [1.29, 1.82) is 0 Å². The Morgan fingerprint density at radius 3 is 2.44 bits per heavy atom. The van der Waals surface area contributed by atoms with E-state index in [1.807, 2.05) is 6.07 Å². The van der Waals surface area contributed by atoms with Gasteiger partial charge in [-0.2, -0.15) is 0 Å². The van der Waals surface area contributed by atoms with Gasteiger partial charge in [0.05, 0.1) is 11.9 Å². The molecular weight excluding hydrogens is 208 g/mol. The molecule has 5 heteroatoms. The Morgan fingerprint density at radius 1 is 1.31 bits per heavy atom. The van der Waals surface area contributed by atoms with E-state index in [9.17, 15) is 5.11 Å². The molecule has 0 heterocycles. The second-order valence-corrected chi connectivity index (χ2v) is 3.55. The average molecular weight is 222 g/mol. The Hall–Kier alpha value is -1.88. The molecule has 0 saturated heterocycles. The molecule has 0 aliphatic rings. The van der Waals surface area contributed by atoms with E-state index in [-0.39, 0.29) is 6.42 Å². The third-order valence-corrected chi connectivity index (χ3v) is 2.24. The third kappa shape index (κ3) is 2.80. The molecule has 1 rings (SSSR count). The van der Waals surface area contributed by atoms with Gasteiger partial charge in [0.15, 0.2) is 0 Å². The summed E-state index contributed by atoms with van der Waals surface area (Å²) in [7, 11) is 0. The maximum absolute atomic E-state index is 10.3. The van der Waals surface area contributed by atoms with Gasteiger partial charge in [0.2, 0.25) is 0 Å². The van der Waals surface area contributed by atoms with Crippen molar-refractivity contribution in [3.05, 3.63) is 35.9 Å². The number of aliphatic hydroxyl groups is 1. The number of hydrogen-bond donors (Lipinski definition) is 3. The zero-order valence-corrected chi connectivity index (χ0v) is 8.91. The topological polar surface area (TPSA) is 85.4 Å². The van der Waals surface area contributed by atoms with Crippen molar-refractivity contribution >= 4 is 11.9 Å². The highest BCUT2D eigenvalue weighted by Gasteiger charge is 2.28. The van der Waals surface area contributed by atoms with E-state index in [0.717, 1.165) is 6.21 Å². The highest BCUT2D eigenvalue weighted by Crippen LogP contribution is 2.23. The summed E-state index contributed by atoms with van der Waals surface area (Å²) in [5.41, 5.74) is -0.561. The number of oxime groups is 2. The molecular formula is C11H14N2O3. The summed E-state index contributed by atoms with van der Waals surface area (Å²) in [5, 5.41) is 33.3. The minimum atomic E-state index is -1.47. The van der Waals surface area contributed by atoms with Crippen molar-refractivity contribution < 1.29 is 15.5 Å². The summed E-state index contributed by atoms with van der Waals surface area (Å²) < 4.78 is 0. The average Bonchev–Trinajstić information content (AvgIpc) is 2.30. The van der Waals surface area contributed by atoms with Crippen LogP contribution in [0.1, 0.15) is 18.9 Å². The fourth-order valence-corrected chi connectivity index (χ4v) is 1.47. The largest absolute Gasteiger partial charge is 0.411 e. The lowest BCUT2D eigenvalue weighted by Crippen LogP contribution is -2.30. The summed E-state index contributed by atoms with van der Waals surface area (Å²) in [5.74, 6) is 0. The van der Waals surface area contributed by atoms with Crippen LogP contribution in [0.25, 0.3) is 0 Å². The highest BCUT2D eigenvalue weighted by atomic mass is 16.4. The fourth-order valence-electron chi connectivity index (χ4n) is 1.47. The van der Waals surface area contributed by atoms with E-state index in [2.05, 4.69) is 10.3 Å². The number of nitrogens with zero attached hydrogens (tertiary/aromatic N) is 2. The molecule has 0 saturated carbocycles. The van der Waals surface area contributed by atoms with Gasteiger partial charge in [-0.3, -0.25) is 0 Å². The smallest absolute Gasteiger partial charge is 0.133 e. The van der Waals surface area contributed by atoms with Crippen LogP contribution in [0, 0.1) is 0 Å². The minimum Gasteiger partial charge on any atom is -0.411 e. The summed E-state index contributed by atoms with van der Waals surface area (Å²) in [6.07, 6.45) is 1.06. The molecule has 16 heavy (non-hydrogen) atoms. The summed E-state index contributed by atoms with van der Waals surface area (Å²) in [6.45, 7) is 1.57. The minimum absolute atomic E-state index is 0.0531. The van der Waals surface area contributed by atoms with Gasteiger partial charge in [-0.1, -0.05) is 40.6 Å². The molecule has 0 radical (unpaired) electrons. The van der Waals surface area contributed by atoms with Crippen molar-refractivity contribution in [1.82, 2.24) is 0 Å². The normalized spacial score (nSPS) is 16.2. The molecule has 1 aromatic carbocycles. The monoisotopic (exact) mass is 222 g/mol. The van der Waals surface area contributed by atoms with Gasteiger partial charge in [0.25, 0.3) is 0 Å². The lowest BCUT2D eigenvalue weighted by atomic mass is 9.90. The van der Waals surface area contributed by atoms with Gasteiger partial charge in [0, 0.05) is 6.42 Å². The van der Waals surface area contributed by atoms with Crippen LogP contribution < -0.4 is 0 Å². The van der Waals surface area contributed by atoms with Crippen LogP contribution in [0.2, 0.25) is 0 Å². The Kier molecular flexibility index (Phi) is 4.02. The summed E-state index contributed by atoms with van der Waals surface area (Å²) in [6, 6.07) is 8.74. The molecule has 1 aromatic rings. The van der Waals surface area contributed by atoms with Crippen LogP contribution in [-0.2, 0) is 5.60 Å². The van der Waals surface area contributed by atoms with Crippen LogP contribution in [-0.4, -0.2) is 27.4 Å². The third-order valence-electron chi connectivity index (χ3n) is 2.24. The molecule has 5 nitrogen and oxygen atoms in total. The highest BCUT2D eigenvalue weighted by molar-refractivity contribution is 5.87. The first-order chi connectivity index (χ1) is 7.62.